The number of carbonyl (C=O) groups is 1. The zero-order chi connectivity index (χ0) is 19.2. The van der Waals surface area contributed by atoms with Gasteiger partial charge >= 0.3 is 6.09 Å². The molecule has 0 N–H and O–H groups in total. The van der Waals surface area contributed by atoms with E-state index < -0.39 is 11.7 Å². The molecule has 0 aliphatic rings. The van der Waals surface area contributed by atoms with Gasteiger partial charge in [-0.15, -0.1) is 0 Å². The summed E-state index contributed by atoms with van der Waals surface area (Å²) in [6.07, 6.45) is 1.87. The van der Waals surface area contributed by atoms with Gasteiger partial charge in [0.2, 0.25) is 0 Å². The van der Waals surface area contributed by atoms with Crippen LogP contribution in [0.2, 0.25) is 12.0 Å². The highest BCUT2D eigenvalue weighted by Gasteiger charge is 2.22. The SMILES string of the molecule is CC.C[B]c1nc(Cl)ccc1-c1cn(C(=O)OC(C)(C)C)c(CC)n1. The average Bonchev–Trinajstić information content (AvgIpc) is 2.99. The van der Waals surface area contributed by atoms with Gasteiger partial charge in [-0.2, -0.15) is 0 Å². The number of hydrogen-bond acceptors (Lipinski definition) is 4. The number of nitrogens with zero attached hydrogens (tertiary/aromatic N) is 3. The molecule has 0 aromatic carbocycles. The Bertz CT molecular complexity index is 724. The Morgan fingerprint density at radius 2 is 1.92 bits per heavy atom. The van der Waals surface area contributed by atoms with Crippen molar-refractivity contribution in [3.63, 3.8) is 0 Å². The van der Waals surface area contributed by atoms with Crippen LogP contribution in [0.5, 0.6) is 0 Å². The minimum Gasteiger partial charge on any atom is -0.443 e. The summed E-state index contributed by atoms with van der Waals surface area (Å²) >= 11 is 5.94. The number of aryl methyl sites for hydroxylation is 1. The van der Waals surface area contributed by atoms with Crippen molar-refractivity contribution < 1.29 is 9.53 Å². The fourth-order valence-corrected chi connectivity index (χ4v) is 2.31. The van der Waals surface area contributed by atoms with Gasteiger partial charge in [0, 0.05) is 23.8 Å². The van der Waals surface area contributed by atoms with E-state index in [0.29, 0.717) is 23.1 Å². The van der Waals surface area contributed by atoms with E-state index in [1.807, 2.05) is 61.7 Å². The van der Waals surface area contributed by atoms with Crippen molar-refractivity contribution in [1.82, 2.24) is 14.5 Å². The molecule has 2 rings (SSSR count). The summed E-state index contributed by atoms with van der Waals surface area (Å²) in [5, 5.41) is 0.420. The van der Waals surface area contributed by atoms with E-state index in [9.17, 15) is 4.79 Å². The number of pyridine rings is 1. The topological polar surface area (TPSA) is 57.0 Å². The largest absolute Gasteiger partial charge is 0.443 e. The van der Waals surface area contributed by atoms with E-state index >= 15 is 0 Å². The van der Waals surface area contributed by atoms with E-state index in [1.54, 1.807) is 12.3 Å². The lowest BCUT2D eigenvalue weighted by Gasteiger charge is -2.19. The molecule has 2 heterocycles. The van der Waals surface area contributed by atoms with Crippen LogP contribution in [0.25, 0.3) is 11.3 Å². The Labute approximate surface area is 156 Å². The molecular formula is C18H26BClN3O2. The summed E-state index contributed by atoms with van der Waals surface area (Å²) in [5.74, 6) is 0.645. The molecule has 0 bridgehead atoms. The second-order valence-electron chi connectivity index (χ2n) is 6.10. The molecule has 0 amide bonds. The molecule has 25 heavy (non-hydrogen) atoms. The maximum absolute atomic E-state index is 12.3. The first-order chi connectivity index (χ1) is 11.7. The zero-order valence-corrected chi connectivity index (χ0v) is 16.8. The Morgan fingerprint density at radius 3 is 2.44 bits per heavy atom. The number of aromatic nitrogens is 3. The van der Waals surface area contributed by atoms with E-state index in [4.69, 9.17) is 16.3 Å². The van der Waals surface area contributed by atoms with Crippen LogP contribution in [0.1, 0.15) is 47.4 Å². The molecule has 1 radical (unpaired) electrons. The quantitative estimate of drug-likeness (QED) is 0.601. The fraction of sp³-hybridized carbons (Fsp3) is 0.500. The molecule has 0 aliphatic carbocycles. The highest BCUT2D eigenvalue weighted by atomic mass is 35.5. The molecule has 0 saturated carbocycles. The van der Waals surface area contributed by atoms with E-state index in [-0.39, 0.29) is 0 Å². The normalized spacial score (nSPS) is 10.7. The first kappa shape index (κ1) is 21.2. The molecule has 0 atom stereocenters. The van der Waals surface area contributed by atoms with E-state index in [1.165, 1.54) is 4.57 Å². The van der Waals surface area contributed by atoms with Gasteiger partial charge in [0.1, 0.15) is 16.6 Å². The van der Waals surface area contributed by atoms with Gasteiger partial charge in [0.15, 0.2) is 7.28 Å². The second-order valence-corrected chi connectivity index (χ2v) is 6.49. The van der Waals surface area contributed by atoms with Crippen LogP contribution in [0.15, 0.2) is 18.3 Å². The molecule has 0 saturated heterocycles. The molecule has 0 unspecified atom stereocenters. The highest BCUT2D eigenvalue weighted by Crippen LogP contribution is 2.20. The monoisotopic (exact) mass is 362 g/mol. The molecule has 2 aromatic heterocycles. The Hall–Kier alpha value is -1.82. The average molecular weight is 363 g/mol. The molecular weight excluding hydrogens is 336 g/mol. The van der Waals surface area contributed by atoms with E-state index in [0.717, 1.165) is 11.2 Å². The van der Waals surface area contributed by atoms with Gasteiger partial charge in [0.05, 0.1) is 5.69 Å². The van der Waals surface area contributed by atoms with Crippen molar-refractivity contribution in [2.24, 2.45) is 0 Å². The summed E-state index contributed by atoms with van der Waals surface area (Å²) in [6, 6.07) is 3.56. The summed E-state index contributed by atoms with van der Waals surface area (Å²) in [4.78, 5) is 21.2. The predicted octanol–water partition coefficient (Wildman–Crippen LogP) is 4.35. The predicted molar refractivity (Wildman–Crippen MR) is 104 cm³/mol. The zero-order valence-electron chi connectivity index (χ0n) is 16.1. The van der Waals surface area contributed by atoms with Gasteiger partial charge in [-0.3, -0.25) is 4.98 Å². The smallest absolute Gasteiger partial charge is 0.420 e. The second kappa shape index (κ2) is 9.04. The van der Waals surface area contributed by atoms with Gasteiger partial charge in [-0.1, -0.05) is 39.2 Å². The lowest BCUT2D eigenvalue weighted by atomic mass is 9.74. The number of ether oxygens (including phenoxy) is 1. The molecule has 0 aliphatic heterocycles. The maximum Gasteiger partial charge on any atom is 0.420 e. The number of imidazole rings is 1. The lowest BCUT2D eigenvalue weighted by molar-refractivity contribution is 0.0532. The van der Waals surface area contributed by atoms with Crippen LogP contribution in [0.3, 0.4) is 0 Å². The van der Waals surface area contributed by atoms with Gasteiger partial charge in [-0.25, -0.2) is 14.3 Å². The van der Waals surface area contributed by atoms with Crippen molar-refractivity contribution in [2.45, 2.75) is 60.4 Å². The van der Waals surface area contributed by atoms with Crippen LogP contribution in [-0.2, 0) is 11.2 Å². The van der Waals surface area contributed by atoms with Gasteiger partial charge in [0.25, 0.3) is 0 Å². The first-order valence-electron chi connectivity index (χ1n) is 8.53. The maximum atomic E-state index is 12.3. The van der Waals surface area contributed by atoms with Crippen LogP contribution < -0.4 is 5.59 Å². The summed E-state index contributed by atoms with van der Waals surface area (Å²) in [6.45, 7) is 13.3. The third kappa shape index (κ3) is 5.60. The number of carbonyl (C=O) groups excluding carboxylic acids is 1. The molecule has 135 valence electrons. The van der Waals surface area contributed by atoms with Crippen LogP contribution in [0.4, 0.5) is 4.79 Å². The van der Waals surface area contributed by atoms with Gasteiger partial charge in [-0.05, 0) is 32.9 Å². The van der Waals surface area contributed by atoms with Crippen LogP contribution >= 0.6 is 11.6 Å². The lowest BCUT2D eigenvalue weighted by Crippen LogP contribution is -2.27. The number of rotatable bonds is 3. The van der Waals surface area contributed by atoms with E-state index in [2.05, 4.69) is 9.97 Å². The number of hydrogen-bond donors (Lipinski definition) is 0. The molecule has 7 heteroatoms. The van der Waals surface area contributed by atoms with Crippen LogP contribution in [-0.4, -0.2) is 33.5 Å². The van der Waals surface area contributed by atoms with Crippen molar-refractivity contribution in [3.05, 3.63) is 29.3 Å². The number of halogens is 1. The minimum absolute atomic E-state index is 0.420. The van der Waals surface area contributed by atoms with Gasteiger partial charge < -0.3 is 4.74 Å². The standard InChI is InChI=1S/C16H20BClN3O2.C2H6/c1-6-13-19-11(9-21(13)15(22)23-16(2,3)4)10-7-8-12(18)20-14(10)17-5;1-2/h7-9H,6H2,1-5H3;1-2H3. The van der Waals surface area contributed by atoms with Crippen molar-refractivity contribution in [3.8, 4) is 11.3 Å². The Balaban J connectivity index is 0.00000151. The van der Waals surface area contributed by atoms with Crippen molar-refractivity contribution in [1.29, 1.82) is 0 Å². The third-order valence-electron chi connectivity index (χ3n) is 3.13. The van der Waals surface area contributed by atoms with Crippen molar-refractivity contribution >= 4 is 30.6 Å². The molecule has 2 aromatic rings. The summed E-state index contributed by atoms with van der Waals surface area (Å²) in [7, 11) is 1.86. The summed E-state index contributed by atoms with van der Waals surface area (Å²) < 4.78 is 6.88. The molecule has 0 spiro atoms. The highest BCUT2D eigenvalue weighted by molar-refractivity contribution is 6.53. The molecule has 0 fully saturated rings. The Morgan fingerprint density at radius 1 is 1.28 bits per heavy atom. The Kier molecular flexibility index (Phi) is 7.68. The molecule has 5 nitrogen and oxygen atoms in total. The van der Waals surface area contributed by atoms with Crippen molar-refractivity contribution in [2.75, 3.05) is 0 Å². The fourth-order valence-electron chi connectivity index (χ4n) is 2.15. The third-order valence-corrected chi connectivity index (χ3v) is 3.34. The van der Waals surface area contributed by atoms with Crippen LogP contribution in [0, 0.1) is 0 Å². The first-order valence-corrected chi connectivity index (χ1v) is 8.91. The summed E-state index contributed by atoms with van der Waals surface area (Å²) in [5.41, 5.74) is 1.67. The minimum atomic E-state index is -0.559.